The second kappa shape index (κ2) is 7.78. The summed E-state index contributed by atoms with van der Waals surface area (Å²) in [6, 6.07) is 13.9. The third-order valence-electron chi connectivity index (χ3n) is 2.18. The Labute approximate surface area is 115 Å². The highest BCUT2D eigenvalue weighted by Gasteiger charge is 2.00. The number of hydrogen-bond acceptors (Lipinski definition) is 5. The quantitative estimate of drug-likeness (QED) is 0.343. The van der Waals surface area contributed by atoms with Crippen molar-refractivity contribution in [3.63, 3.8) is 0 Å². The molecule has 20 heavy (non-hydrogen) atoms. The summed E-state index contributed by atoms with van der Waals surface area (Å²) in [5.41, 5.74) is 0. The number of fused-ring (bicyclic) bond motifs is 1. The van der Waals surface area contributed by atoms with Gasteiger partial charge in [-0.3, -0.25) is 14.4 Å². The summed E-state index contributed by atoms with van der Waals surface area (Å²) in [7, 11) is -4.67. The zero-order valence-corrected chi connectivity index (χ0v) is 11.2. The van der Waals surface area contributed by atoms with Gasteiger partial charge in [0.25, 0.3) is 0 Å². The maximum absolute atomic E-state index is 8.74. The Kier molecular flexibility index (Phi) is 6.36. The zero-order valence-electron chi connectivity index (χ0n) is 10.3. The minimum absolute atomic E-state index is 0.170. The van der Waals surface area contributed by atoms with Crippen molar-refractivity contribution >= 4 is 21.2 Å². The second-order valence-electron chi connectivity index (χ2n) is 3.61. The first-order valence-corrected chi connectivity index (χ1v) is 6.88. The van der Waals surface area contributed by atoms with E-state index >= 15 is 0 Å². The van der Waals surface area contributed by atoms with Crippen LogP contribution in [-0.2, 0) is 15.3 Å². The first-order valence-electron chi connectivity index (χ1n) is 5.48. The van der Waals surface area contributed by atoms with Crippen molar-refractivity contribution in [1.82, 2.24) is 0 Å². The molecule has 8 heteroatoms. The molecule has 0 aliphatic rings. The van der Waals surface area contributed by atoms with Gasteiger partial charge in [-0.05, 0) is 11.5 Å². The van der Waals surface area contributed by atoms with Crippen LogP contribution in [0.4, 0.5) is 0 Å². The number of ether oxygens (including phenoxy) is 1. The van der Waals surface area contributed by atoms with Crippen LogP contribution in [0.5, 0.6) is 5.75 Å². The minimum Gasteiger partial charge on any atom is -0.490 e. The van der Waals surface area contributed by atoms with E-state index in [1.807, 2.05) is 42.5 Å². The molecule has 2 aromatic rings. The van der Waals surface area contributed by atoms with E-state index in [0.29, 0.717) is 6.61 Å². The molecule has 0 saturated heterocycles. The Balaban J connectivity index is 0.000000347. The Morgan fingerprint density at radius 3 is 2.20 bits per heavy atom. The molecular weight excluding hydrogens is 288 g/mol. The molecule has 0 saturated carbocycles. The second-order valence-corrected chi connectivity index (χ2v) is 4.50. The fraction of sp³-hybridized carbons (Fsp3) is 0.167. The smallest absolute Gasteiger partial charge is 0.394 e. The molecule has 7 nitrogen and oxygen atoms in total. The van der Waals surface area contributed by atoms with Gasteiger partial charge in [-0.2, -0.15) is 8.42 Å². The molecule has 0 radical (unpaired) electrons. The van der Waals surface area contributed by atoms with E-state index in [2.05, 4.69) is 4.89 Å². The molecule has 0 aliphatic heterocycles. The maximum atomic E-state index is 8.74. The van der Waals surface area contributed by atoms with Crippen molar-refractivity contribution in [1.29, 1.82) is 0 Å². The van der Waals surface area contributed by atoms with E-state index in [9.17, 15) is 0 Å². The fourth-order valence-electron chi connectivity index (χ4n) is 1.51. The first-order chi connectivity index (χ1) is 9.42. The molecule has 0 aromatic heterocycles. The minimum atomic E-state index is -4.67. The molecule has 0 unspecified atom stereocenters. The molecule has 3 N–H and O–H groups in total. The van der Waals surface area contributed by atoms with E-state index in [0.717, 1.165) is 16.5 Å². The summed E-state index contributed by atoms with van der Waals surface area (Å²) >= 11 is 0. The summed E-state index contributed by atoms with van der Waals surface area (Å²) < 4.78 is 37.1. The Hall–Kier alpha value is -1.71. The van der Waals surface area contributed by atoms with Crippen molar-refractivity contribution in [2.45, 2.75) is 0 Å². The van der Waals surface area contributed by atoms with Crippen LogP contribution in [0.3, 0.4) is 0 Å². The largest absolute Gasteiger partial charge is 0.490 e. The van der Waals surface area contributed by atoms with E-state index in [1.165, 1.54) is 0 Å². The van der Waals surface area contributed by atoms with Gasteiger partial charge in [0.05, 0.1) is 0 Å². The van der Waals surface area contributed by atoms with E-state index in [1.54, 1.807) is 0 Å². The third kappa shape index (κ3) is 6.45. The molecule has 0 aliphatic carbocycles. The molecule has 0 amide bonds. The predicted octanol–water partition coefficient (Wildman–Crippen LogP) is 2.06. The van der Waals surface area contributed by atoms with Gasteiger partial charge in [-0.1, -0.05) is 36.4 Å². The Morgan fingerprint density at radius 1 is 0.950 bits per heavy atom. The maximum Gasteiger partial charge on any atom is 0.394 e. The van der Waals surface area contributed by atoms with Crippen LogP contribution >= 0.6 is 0 Å². The molecule has 110 valence electrons. The topological polar surface area (TPSA) is 113 Å². The van der Waals surface area contributed by atoms with Crippen LogP contribution < -0.4 is 4.74 Å². The summed E-state index contributed by atoms with van der Waals surface area (Å²) in [4.78, 5) is 3.95. The SMILES string of the molecule is O=S(=O)(O)O.OOCCOc1cccc2ccccc12. The molecule has 2 rings (SSSR count). The molecule has 0 atom stereocenters. The van der Waals surface area contributed by atoms with Crippen molar-refractivity contribution in [2.75, 3.05) is 13.2 Å². The summed E-state index contributed by atoms with van der Waals surface area (Å²) in [6.45, 7) is 0.508. The van der Waals surface area contributed by atoms with E-state index in [4.69, 9.17) is 27.5 Å². The predicted molar refractivity (Wildman–Crippen MR) is 72.2 cm³/mol. The van der Waals surface area contributed by atoms with Gasteiger partial charge in [0.2, 0.25) is 0 Å². The summed E-state index contributed by atoms with van der Waals surface area (Å²) in [5, 5.41) is 10.4. The molecule has 2 aromatic carbocycles. The van der Waals surface area contributed by atoms with Crippen LogP contribution in [0.2, 0.25) is 0 Å². The standard InChI is InChI=1S/C12H12O3.H2O4S/c13-15-9-8-14-12-7-3-5-10-4-1-2-6-11(10)12;1-5(2,3)4/h1-7,13H,8-9H2;(H2,1,2,3,4). The highest BCUT2D eigenvalue weighted by atomic mass is 32.3. The number of benzene rings is 2. The molecule has 0 heterocycles. The first kappa shape index (κ1) is 16.3. The van der Waals surface area contributed by atoms with Gasteiger partial charge in [0.15, 0.2) is 0 Å². The Morgan fingerprint density at radius 2 is 1.55 bits per heavy atom. The lowest BCUT2D eigenvalue weighted by atomic mass is 10.1. The van der Waals surface area contributed by atoms with Crippen molar-refractivity contribution in [2.24, 2.45) is 0 Å². The van der Waals surface area contributed by atoms with E-state index < -0.39 is 10.4 Å². The van der Waals surface area contributed by atoms with Crippen molar-refractivity contribution in [3.8, 4) is 5.75 Å². The molecule has 0 fully saturated rings. The lowest BCUT2D eigenvalue weighted by Gasteiger charge is -2.07. The van der Waals surface area contributed by atoms with Gasteiger partial charge >= 0.3 is 10.4 Å². The van der Waals surface area contributed by atoms with Gasteiger partial charge in [0.1, 0.15) is 19.0 Å². The normalized spacial score (nSPS) is 10.8. The molecular formula is C12H14O7S. The highest BCUT2D eigenvalue weighted by molar-refractivity contribution is 7.79. The van der Waals surface area contributed by atoms with Gasteiger partial charge in [-0.15, -0.1) is 0 Å². The average Bonchev–Trinajstić information content (AvgIpc) is 2.37. The third-order valence-corrected chi connectivity index (χ3v) is 2.18. The summed E-state index contributed by atoms with van der Waals surface area (Å²) in [6.07, 6.45) is 0. The fourth-order valence-corrected chi connectivity index (χ4v) is 1.51. The number of hydrogen-bond donors (Lipinski definition) is 3. The zero-order chi connectivity index (χ0) is 15.0. The van der Waals surface area contributed by atoms with E-state index in [-0.39, 0.29) is 6.61 Å². The van der Waals surface area contributed by atoms with Gasteiger partial charge in [0, 0.05) is 5.39 Å². The Bertz CT molecular complexity index is 626. The van der Waals surface area contributed by atoms with Gasteiger partial charge in [-0.25, -0.2) is 4.89 Å². The van der Waals surface area contributed by atoms with Crippen LogP contribution in [0.25, 0.3) is 10.8 Å². The van der Waals surface area contributed by atoms with Crippen LogP contribution in [-0.4, -0.2) is 36.0 Å². The lowest BCUT2D eigenvalue weighted by molar-refractivity contribution is -0.245. The highest BCUT2D eigenvalue weighted by Crippen LogP contribution is 2.24. The monoisotopic (exact) mass is 302 g/mol. The van der Waals surface area contributed by atoms with Crippen LogP contribution in [0.15, 0.2) is 42.5 Å². The number of rotatable bonds is 4. The van der Waals surface area contributed by atoms with Crippen molar-refractivity contribution in [3.05, 3.63) is 42.5 Å². The van der Waals surface area contributed by atoms with Crippen LogP contribution in [0.1, 0.15) is 0 Å². The average molecular weight is 302 g/mol. The van der Waals surface area contributed by atoms with Crippen molar-refractivity contribution < 1.29 is 32.4 Å². The van der Waals surface area contributed by atoms with Crippen LogP contribution in [0, 0.1) is 0 Å². The summed E-state index contributed by atoms with van der Waals surface area (Å²) in [5.74, 6) is 0.810. The molecule has 0 spiro atoms. The molecule has 0 bridgehead atoms. The van der Waals surface area contributed by atoms with Gasteiger partial charge < -0.3 is 4.74 Å². The lowest BCUT2D eigenvalue weighted by Crippen LogP contribution is -2.04.